The lowest BCUT2D eigenvalue weighted by molar-refractivity contribution is -0.142. The summed E-state index contributed by atoms with van der Waals surface area (Å²) < 4.78 is 4.87. The second kappa shape index (κ2) is 8.51. The number of rotatable bonds is 6. The van der Waals surface area contributed by atoms with E-state index >= 15 is 0 Å². The number of hydrogen-bond acceptors (Lipinski definition) is 6. The summed E-state index contributed by atoms with van der Waals surface area (Å²) in [5, 5.41) is 12.4. The number of esters is 1. The molecule has 0 fully saturated rings. The van der Waals surface area contributed by atoms with Crippen LogP contribution >= 0.6 is 34.5 Å². The fraction of sp³-hybridized carbons (Fsp3) is 0.176. The van der Waals surface area contributed by atoms with Crippen molar-refractivity contribution in [3.05, 3.63) is 51.1 Å². The minimum atomic E-state index is -0.397. The Morgan fingerprint density at radius 3 is 2.81 bits per heavy atom. The molecule has 2 aromatic heterocycles. The molecule has 3 rings (SSSR count). The van der Waals surface area contributed by atoms with E-state index in [-0.39, 0.29) is 18.1 Å². The van der Waals surface area contributed by atoms with Crippen LogP contribution < -0.4 is 5.32 Å². The number of carbonyl (C=O) groups is 2. The van der Waals surface area contributed by atoms with E-state index in [0.29, 0.717) is 33.2 Å². The largest absolute Gasteiger partial charge is 0.466 e. The molecule has 3 aromatic rings. The van der Waals surface area contributed by atoms with Gasteiger partial charge in [-0.25, -0.2) is 4.98 Å². The van der Waals surface area contributed by atoms with Crippen LogP contribution in [0.4, 0.5) is 5.13 Å². The van der Waals surface area contributed by atoms with Gasteiger partial charge in [0.25, 0.3) is 5.91 Å². The molecule has 0 saturated carbocycles. The zero-order valence-electron chi connectivity index (χ0n) is 14.1. The van der Waals surface area contributed by atoms with Gasteiger partial charge in [0.1, 0.15) is 5.69 Å². The molecule has 0 saturated heterocycles. The molecule has 27 heavy (non-hydrogen) atoms. The summed E-state index contributed by atoms with van der Waals surface area (Å²) in [6.45, 7) is 2.05. The number of carbonyl (C=O) groups excluding carboxylic acids is 2. The molecule has 0 bridgehead atoms. The van der Waals surface area contributed by atoms with Crippen LogP contribution in [-0.4, -0.2) is 33.7 Å². The Hall–Kier alpha value is -2.42. The number of nitrogens with zero attached hydrogens (tertiary/aromatic N) is 2. The third-order valence-electron chi connectivity index (χ3n) is 3.44. The molecule has 2 N–H and O–H groups in total. The quantitative estimate of drug-likeness (QED) is 0.577. The molecule has 1 amide bonds. The summed E-state index contributed by atoms with van der Waals surface area (Å²) in [5.41, 5.74) is 2.08. The van der Waals surface area contributed by atoms with Gasteiger partial charge < -0.3 is 4.74 Å². The van der Waals surface area contributed by atoms with E-state index in [4.69, 9.17) is 27.9 Å². The number of H-pyrrole nitrogens is 1. The van der Waals surface area contributed by atoms with Gasteiger partial charge in [0.05, 0.1) is 34.5 Å². The molecular weight excluding hydrogens is 411 g/mol. The van der Waals surface area contributed by atoms with Gasteiger partial charge >= 0.3 is 5.97 Å². The normalized spacial score (nSPS) is 10.6. The number of benzene rings is 1. The molecule has 0 unspecified atom stereocenters. The van der Waals surface area contributed by atoms with E-state index in [1.165, 1.54) is 11.3 Å². The predicted octanol–water partition coefficient (Wildman–Crippen LogP) is 4.20. The number of nitrogens with one attached hydrogen (secondary N) is 2. The number of aromatic amines is 1. The topological polar surface area (TPSA) is 97.0 Å². The maximum atomic E-state index is 12.4. The summed E-state index contributed by atoms with van der Waals surface area (Å²) in [6, 6.07) is 6.69. The summed E-state index contributed by atoms with van der Waals surface area (Å²) in [6.07, 6.45) is 0.0613. The SMILES string of the molecule is CCOC(=O)Cc1csc(NC(=O)c2cc(-c3ccc(Cl)c(Cl)c3)n[nH]2)n1. The molecule has 0 aliphatic carbocycles. The Labute approximate surface area is 168 Å². The molecule has 0 spiro atoms. The van der Waals surface area contributed by atoms with Crippen LogP contribution in [-0.2, 0) is 16.0 Å². The minimum Gasteiger partial charge on any atom is -0.466 e. The number of aromatic nitrogens is 3. The highest BCUT2D eigenvalue weighted by atomic mass is 35.5. The second-order valence-electron chi connectivity index (χ2n) is 5.38. The van der Waals surface area contributed by atoms with Gasteiger partial charge in [-0.2, -0.15) is 5.10 Å². The third-order valence-corrected chi connectivity index (χ3v) is 4.99. The van der Waals surface area contributed by atoms with E-state index in [1.807, 2.05) is 0 Å². The highest BCUT2D eigenvalue weighted by Gasteiger charge is 2.15. The first-order valence-electron chi connectivity index (χ1n) is 7.88. The molecule has 7 nitrogen and oxygen atoms in total. The number of amides is 1. The Bertz CT molecular complexity index is 986. The molecule has 2 heterocycles. The summed E-state index contributed by atoms with van der Waals surface area (Å²) >= 11 is 13.1. The van der Waals surface area contributed by atoms with Crippen molar-refractivity contribution in [3.63, 3.8) is 0 Å². The maximum Gasteiger partial charge on any atom is 0.311 e. The maximum absolute atomic E-state index is 12.4. The zero-order valence-corrected chi connectivity index (χ0v) is 16.4. The van der Waals surface area contributed by atoms with E-state index in [1.54, 1.807) is 36.6 Å². The van der Waals surface area contributed by atoms with Crippen LogP contribution in [0.25, 0.3) is 11.3 Å². The number of anilines is 1. The second-order valence-corrected chi connectivity index (χ2v) is 7.05. The van der Waals surface area contributed by atoms with Crippen molar-refractivity contribution in [1.29, 1.82) is 0 Å². The van der Waals surface area contributed by atoms with E-state index < -0.39 is 5.91 Å². The molecule has 140 valence electrons. The van der Waals surface area contributed by atoms with Crippen LogP contribution in [0, 0.1) is 0 Å². The van der Waals surface area contributed by atoms with Crippen molar-refractivity contribution in [2.75, 3.05) is 11.9 Å². The summed E-state index contributed by atoms with van der Waals surface area (Å²) in [4.78, 5) is 28.0. The lowest BCUT2D eigenvalue weighted by atomic mass is 10.1. The molecule has 0 aliphatic heterocycles. The van der Waals surface area contributed by atoms with Crippen molar-refractivity contribution >= 4 is 51.5 Å². The number of thiazole rings is 1. The van der Waals surface area contributed by atoms with Crippen molar-refractivity contribution < 1.29 is 14.3 Å². The number of ether oxygens (including phenoxy) is 1. The Kier molecular flexibility index (Phi) is 6.10. The van der Waals surface area contributed by atoms with E-state index in [0.717, 1.165) is 5.56 Å². The Morgan fingerprint density at radius 2 is 2.07 bits per heavy atom. The van der Waals surface area contributed by atoms with Crippen LogP contribution in [0.1, 0.15) is 23.1 Å². The van der Waals surface area contributed by atoms with Gasteiger partial charge in [-0.05, 0) is 25.1 Å². The van der Waals surface area contributed by atoms with Crippen LogP contribution in [0.15, 0.2) is 29.6 Å². The fourth-order valence-corrected chi connectivity index (χ4v) is 3.21. The Morgan fingerprint density at radius 1 is 1.26 bits per heavy atom. The summed E-state index contributed by atoms with van der Waals surface area (Å²) in [5.74, 6) is -0.758. The highest BCUT2D eigenvalue weighted by molar-refractivity contribution is 7.14. The first-order chi connectivity index (χ1) is 13.0. The van der Waals surface area contributed by atoms with Crippen molar-refractivity contribution in [1.82, 2.24) is 15.2 Å². The highest BCUT2D eigenvalue weighted by Crippen LogP contribution is 2.28. The lowest BCUT2D eigenvalue weighted by Crippen LogP contribution is -2.12. The van der Waals surface area contributed by atoms with E-state index in [9.17, 15) is 9.59 Å². The Balaban J connectivity index is 1.67. The predicted molar refractivity (Wildman–Crippen MR) is 104 cm³/mol. The van der Waals surface area contributed by atoms with Gasteiger partial charge in [-0.1, -0.05) is 29.3 Å². The third kappa shape index (κ3) is 4.85. The first-order valence-corrected chi connectivity index (χ1v) is 9.52. The average molecular weight is 425 g/mol. The van der Waals surface area contributed by atoms with Crippen LogP contribution in [0.2, 0.25) is 10.0 Å². The monoisotopic (exact) mass is 424 g/mol. The number of hydrogen-bond donors (Lipinski definition) is 2. The van der Waals surface area contributed by atoms with Gasteiger partial charge in [-0.3, -0.25) is 20.0 Å². The van der Waals surface area contributed by atoms with Gasteiger partial charge in [-0.15, -0.1) is 11.3 Å². The van der Waals surface area contributed by atoms with Crippen molar-refractivity contribution in [3.8, 4) is 11.3 Å². The van der Waals surface area contributed by atoms with Crippen molar-refractivity contribution in [2.45, 2.75) is 13.3 Å². The molecule has 0 aliphatic rings. The van der Waals surface area contributed by atoms with Gasteiger partial charge in [0.2, 0.25) is 0 Å². The number of halogens is 2. The van der Waals surface area contributed by atoms with Crippen LogP contribution in [0.5, 0.6) is 0 Å². The van der Waals surface area contributed by atoms with E-state index in [2.05, 4.69) is 20.5 Å². The lowest BCUT2D eigenvalue weighted by Gasteiger charge is -1.99. The molecule has 10 heteroatoms. The fourth-order valence-electron chi connectivity index (χ4n) is 2.21. The van der Waals surface area contributed by atoms with Gasteiger partial charge in [0.15, 0.2) is 5.13 Å². The first kappa shape index (κ1) is 19.3. The summed E-state index contributed by atoms with van der Waals surface area (Å²) in [7, 11) is 0. The van der Waals surface area contributed by atoms with Gasteiger partial charge in [0, 0.05) is 10.9 Å². The van der Waals surface area contributed by atoms with Crippen molar-refractivity contribution in [2.24, 2.45) is 0 Å². The molecular formula is C17H14Cl2N4O3S. The molecule has 1 aromatic carbocycles. The standard InChI is InChI=1S/C17H14Cl2N4O3S/c1-2-26-15(24)6-10-8-27-17(20-10)21-16(25)14-7-13(22-23-14)9-3-4-11(18)12(19)5-9/h3-5,7-8H,2,6H2,1H3,(H,22,23)(H,20,21,25). The molecule has 0 radical (unpaired) electrons. The molecule has 0 atom stereocenters. The van der Waals surface area contributed by atoms with Crippen LogP contribution in [0.3, 0.4) is 0 Å². The minimum absolute atomic E-state index is 0.0613. The average Bonchev–Trinajstić information content (AvgIpc) is 3.27. The smallest absolute Gasteiger partial charge is 0.311 e. The zero-order chi connectivity index (χ0) is 19.4.